The average Bonchev–Trinajstić information content (AvgIpc) is 3.18. The van der Waals surface area contributed by atoms with Gasteiger partial charge in [0.2, 0.25) is 5.91 Å². The summed E-state index contributed by atoms with van der Waals surface area (Å²) < 4.78 is 0. The lowest BCUT2D eigenvalue weighted by Gasteiger charge is -2.35. The summed E-state index contributed by atoms with van der Waals surface area (Å²) >= 11 is 0. The zero-order valence-electron chi connectivity index (χ0n) is 16.1. The van der Waals surface area contributed by atoms with Gasteiger partial charge in [0.1, 0.15) is 6.04 Å². The predicted molar refractivity (Wildman–Crippen MR) is 104 cm³/mol. The third-order valence-electron chi connectivity index (χ3n) is 5.92. The molecule has 1 aromatic carbocycles. The Hall–Kier alpha value is -1.63. The van der Waals surface area contributed by atoms with Gasteiger partial charge in [-0.3, -0.25) is 15.0 Å². The molecule has 4 rings (SSSR count). The van der Waals surface area contributed by atoms with Crippen molar-refractivity contribution in [3.63, 3.8) is 0 Å². The Kier molecular flexibility index (Phi) is 4.90. The number of nitrogens with one attached hydrogen (secondary N) is 3. The number of hydrogen-bond donors (Lipinski definition) is 3. The maximum atomic E-state index is 12.8. The number of para-hydroxylation sites is 1. The minimum atomic E-state index is -0.137. The number of aryl methyl sites for hydroxylation is 1. The average molecular weight is 358 g/mol. The Morgan fingerprint density at radius 3 is 2.92 bits per heavy atom. The molecule has 4 atom stereocenters. The van der Waals surface area contributed by atoms with Crippen LogP contribution in [0, 0.1) is 6.92 Å². The Labute approximate surface area is 156 Å². The molecular weight excluding hydrogens is 326 g/mol. The number of fused-ring (bicyclic) bond motifs is 2. The van der Waals surface area contributed by atoms with Crippen molar-refractivity contribution in [2.75, 3.05) is 39.0 Å². The molecule has 2 fully saturated rings. The number of hydrogen-bond acceptors (Lipinski definition) is 5. The molecule has 6 heteroatoms. The molecule has 142 valence electrons. The lowest BCUT2D eigenvalue weighted by molar-refractivity contribution is -0.122. The van der Waals surface area contributed by atoms with Crippen LogP contribution in [0.5, 0.6) is 0 Å². The maximum absolute atomic E-state index is 12.8. The molecule has 3 N–H and O–H groups in total. The third kappa shape index (κ3) is 3.59. The van der Waals surface area contributed by atoms with Crippen molar-refractivity contribution in [2.45, 2.75) is 50.5 Å². The molecule has 6 nitrogen and oxygen atoms in total. The molecule has 0 saturated carbocycles. The van der Waals surface area contributed by atoms with E-state index in [2.05, 4.69) is 65.0 Å². The van der Waals surface area contributed by atoms with Crippen molar-refractivity contribution in [2.24, 2.45) is 0 Å². The maximum Gasteiger partial charge on any atom is 0.243 e. The Morgan fingerprint density at radius 2 is 2.15 bits per heavy atom. The highest BCUT2D eigenvalue weighted by Crippen LogP contribution is 2.29. The topological polar surface area (TPSA) is 59.6 Å². The standard InChI is InChI=1S/C20H31N5O/c1-13-5-4-6-14-9-17(23-19(13)14)20(26)22-15-7-8-18-21-16(10-24(2)3)12-25(18)11-15/h4-6,15-18,21,23H,7-12H2,1-3H3,(H,22,26). The molecule has 0 aromatic heterocycles. The second-order valence-electron chi connectivity index (χ2n) is 8.39. The summed E-state index contributed by atoms with van der Waals surface area (Å²) in [6.07, 6.45) is 3.41. The number of rotatable bonds is 4. The van der Waals surface area contributed by atoms with E-state index in [4.69, 9.17) is 0 Å². The molecule has 0 bridgehead atoms. The van der Waals surface area contributed by atoms with Crippen molar-refractivity contribution in [1.82, 2.24) is 20.4 Å². The van der Waals surface area contributed by atoms with Crippen molar-refractivity contribution in [1.29, 1.82) is 0 Å². The van der Waals surface area contributed by atoms with E-state index in [1.807, 2.05) is 0 Å². The van der Waals surface area contributed by atoms with Crippen LogP contribution in [0.25, 0.3) is 0 Å². The Morgan fingerprint density at radius 1 is 1.31 bits per heavy atom. The minimum absolute atomic E-state index is 0.137. The van der Waals surface area contributed by atoms with E-state index in [-0.39, 0.29) is 18.0 Å². The molecule has 1 aromatic rings. The highest BCUT2D eigenvalue weighted by Gasteiger charge is 2.37. The first kappa shape index (κ1) is 17.8. The zero-order valence-corrected chi connectivity index (χ0v) is 16.1. The smallest absolute Gasteiger partial charge is 0.243 e. The molecule has 0 radical (unpaired) electrons. The first-order chi connectivity index (χ1) is 12.5. The van der Waals surface area contributed by atoms with Crippen LogP contribution in [0.15, 0.2) is 18.2 Å². The monoisotopic (exact) mass is 357 g/mol. The second-order valence-corrected chi connectivity index (χ2v) is 8.39. The lowest BCUT2D eigenvalue weighted by atomic mass is 10.0. The van der Waals surface area contributed by atoms with Crippen LogP contribution in [-0.4, -0.2) is 73.7 Å². The normalized spacial score (nSPS) is 30.8. The van der Waals surface area contributed by atoms with E-state index in [9.17, 15) is 4.79 Å². The van der Waals surface area contributed by atoms with Gasteiger partial charge in [0.15, 0.2) is 0 Å². The van der Waals surface area contributed by atoms with E-state index in [0.717, 1.165) is 44.6 Å². The van der Waals surface area contributed by atoms with E-state index in [1.165, 1.54) is 11.1 Å². The van der Waals surface area contributed by atoms with Crippen molar-refractivity contribution in [3.05, 3.63) is 29.3 Å². The van der Waals surface area contributed by atoms with Crippen molar-refractivity contribution >= 4 is 11.6 Å². The van der Waals surface area contributed by atoms with Gasteiger partial charge in [0, 0.05) is 43.8 Å². The number of benzene rings is 1. The number of anilines is 1. The van der Waals surface area contributed by atoms with E-state index in [1.54, 1.807) is 0 Å². The van der Waals surface area contributed by atoms with Gasteiger partial charge in [0.05, 0.1) is 6.17 Å². The lowest BCUT2D eigenvalue weighted by Crippen LogP contribution is -2.53. The van der Waals surface area contributed by atoms with Gasteiger partial charge in [-0.05, 0) is 45.0 Å². The summed E-state index contributed by atoms with van der Waals surface area (Å²) in [6.45, 7) is 5.18. The number of carbonyl (C=O) groups excluding carboxylic acids is 1. The van der Waals surface area contributed by atoms with Gasteiger partial charge in [-0.1, -0.05) is 18.2 Å². The number of piperidine rings is 1. The Balaban J connectivity index is 1.31. The summed E-state index contributed by atoms with van der Waals surface area (Å²) in [6, 6.07) is 6.93. The van der Waals surface area contributed by atoms with Crippen molar-refractivity contribution in [3.8, 4) is 0 Å². The van der Waals surface area contributed by atoms with Gasteiger partial charge in [-0.15, -0.1) is 0 Å². The minimum Gasteiger partial charge on any atom is -0.373 e. The van der Waals surface area contributed by atoms with Crippen LogP contribution < -0.4 is 16.0 Å². The fourth-order valence-corrected chi connectivity index (χ4v) is 4.72. The molecule has 1 amide bonds. The van der Waals surface area contributed by atoms with Crippen LogP contribution in [0.2, 0.25) is 0 Å². The zero-order chi connectivity index (χ0) is 18.3. The summed E-state index contributed by atoms with van der Waals surface area (Å²) in [5.74, 6) is 0.140. The van der Waals surface area contributed by atoms with Crippen LogP contribution in [0.3, 0.4) is 0 Å². The van der Waals surface area contributed by atoms with Crippen LogP contribution in [-0.2, 0) is 11.2 Å². The first-order valence-electron chi connectivity index (χ1n) is 9.80. The third-order valence-corrected chi connectivity index (χ3v) is 5.92. The van der Waals surface area contributed by atoms with Gasteiger partial charge < -0.3 is 15.5 Å². The number of amides is 1. The molecule has 4 unspecified atom stereocenters. The molecule has 3 heterocycles. The molecule has 0 aliphatic carbocycles. The largest absolute Gasteiger partial charge is 0.373 e. The van der Waals surface area contributed by atoms with Gasteiger partial charge >= 0.3 is 0 Å². The fourth-order valence-electron chi connectivity index (χ4n) is 4.72. The predicted octanol–water partition coefficient (Wildman–Crippen LogP) is 0.772. The second kappa shape index (κ2) is 7.18. The molecule has 2 saturated heterocycles. The summed E-state index contributed by atoms with van der Waals surface area (Å²) in [7, 11) is 4.24. The highest BCUT2D eigenvalue weighted by molar-refractivity contribution is 5.88. The van der Waals surface area contributed by atoms with E-state index in [0.29, 0.717) is 12.2 Å². The SMILES string of the molecule is Cc1cccc2c1NC(C(=O)NC1CCC3NC(CN(C)C)CN3C1)C2. The van der Waals surface area contributed by atoms with Gasteiger partial charge in [-0.2, -0.15) is 0 Å². The summed E-state index contributed by atoms with van der Waals surface area (Å²) in [4.78, 5) is 17.5. The van der Waals surface area contributed by atoms with Crippen molar-refractivity contribution < 1.29 is 4.79 Å². The fraction of sp³-hybridized carbons (Fsp3) is 0.650. The quantitative estimate of drug-likeness (QED) is 0.743. The van der Waals surface area contributed by atoms with E-state index < -0.39 is 0 Å². The van der Waals surface area contributed by atoms with Gasteiger partial charge in [-0.25, -0.2) is 0 Å². The molecule has 26 heavy (non-hydrogen) atoms. The van der Waals surface area contributed by atoms with Gasteiger partial charge in [0.25, 0.3) is 0 Å². The van der Waals surface area contributed by atoms with Crippen LogP contribution >= 0.6 is 0 Å². The number of nitrogens with zero attached hydrogens (tertiary/aromatic N) is 2. The number of carbonyl (C=O) groups is 1. The van der Waals surface area contributed by atoms with Crippen LogP contribution in [0.4, 0.5) is 5.69 Å². The number of likely N-dealkylation sites (N-methyl/N-ethyl adjacent to an activating group) is 1. The van der Waals surface area contributed by atoms with Crippen LogP contribution in [0.1, 0.15) is 24.0 Å². The molecule has 3 aliphatic rings. The first-order valence-corrected chi connectivity index (χ1v) is 9.80. The molecule has 3 aliphatic heterocycles. The summed E-state index contributed by atoms with van der Waals surface area (Å²) in [5.41, 5.74) is 3.61. The Bertz CT molecular complexity index is 676. The van der Waals surface area contributed by atoms with E-state index >= 15 is 0 Å². The highest BCUT2D eigenvalue weighted by atomic mass is 16.2. The summed E-state index contributed by atoms with van der Waals surface area (Å²) in [5, 5.41) is 10.5. The molecule has 0 spiro atoms. The molecular formula is C20H31N5O.